The summed E-state index contributed by atoms with van der Waals surface area (Å²) in [6.45, 7) is 4.33. The molecule has 21 heavy (non-hydrogen) atoms. The number of hydrogen-bond donors (Lipinski definition) is 2. The number of rotatable bonds is 6. The lowest BCUT2D eigenvalue weighted by atomic mass is 10.1. The van der Waals surface area contributed by atoms with Gasteiger partial charge in [-0.2, -0.15) is 0 Å². The largest absolute Gasteiger partial charge is 0.469 e. The van der Waals surface area contributed by atoms with Crippen LogP contribution in [-0.2, 0) is 23.0 Å². The molecule has 5 nitrogen and oxygen atoms in total. The van der Waals surface area contributed by atoms with Crippen molar-refractivity contribution in [2.45, 2.75) is 31.7 Å². The van der Waals surface area contributed by atoms with Crippen molar-refractivity contribution in [2.24, 2.45) is 5.73 Å². The predicted octanol–water partition coefficient (Wildman–Crippen LogP) is 1.88. The van der Waals surface area contributed by atoms with Crippen LogP contribution in [0.4, 0.5) is 0 Å². The van der Waals surface area contributed by atoms with Crippen LogP contribution in [-0.4, -0.2) is 15.0 Å². The number of nitrogens with two attached hydrogens (primary N) is 1. The Balaban J connectivity index is 2.15. The summed E-state index contributed by atoms with van der Waals surface area (Å²) >= 11 is 0. The van der Waals surface area contributed by atoms with Gasteiger partial charge in [0.15, 0.2) is 0 Å². The summed E-state index contributed by atoms with van der Waals surface area (Å²) in [7, 11) is -3.54. The van der Waals surface area contributed by atoms with E-state index in [-0.39, 0.29) is 4.90 Å². The van der Waals surface area contributed by atoms with E-state index in [1.807, 2.05) is 19.1 Å². The van der Waals surface area contributed by atoms with Gasteiger partial charge >= 0.3 is 0 Å². The Morgan fingerprint density at radius 3 is 2.62 bits per heavy atom. The molecule has 3 N–H and O–H groups in total. The molecule has 1 aromatic carbocycles. The molecule has 1 heterocycles. The number of hydrogen-bond acceptors (Lipinski definition) is 4. The molecule has 2 aromatic rings. The van der Waals surface area contributed by atoms with Crippen LogP contribution in [0.1, 0.15) is 22.5 Å². The molecule has 1 aromatic heterocycles. The average Bonchev–Trinajstić information content (AvgIpc) is 2.91. The third kappa shape index (κ3) is 3.72. The fraction of sp³-hybridized carbons (Fsp3) is 0.333. The fourth-order valence-corrected chi connectivity index (χ4v) is 3.53. The van der Waals surface area contributed by atoms with Crippen molar-refractivity contribution in [1.82, 2.24) is 4.72 Å². The zero-order chi connectivity index (χ0) is 15.5. The maximum atomic E-state index is 12.4. The monoisotopic (exact) mass is 308 g/mol. The summed E-state index contributed by atoms with van der Waals surface area (Å²) in [4.78, 5) is 0.285. The molecule has 0 spiro atoms. The van der Waals surface area contributed by atoms with E-state index in [1.165, 1.54) is 0 Å². The minimum atomic E-state index is -3.54. The van der Waals surface area contributed by atoms with Gasteiger partial charge in [-0.05, 0) is 48.7 Å². The van der Waals surface area contributed by atoms with E-state index in [1.54, 1.807) is 25.3 Å². The van der Waals surface area contributed by atoms with Crippen molar-refractivity contribution in [3.05, 3.63) is 53.0 Å². The van der Waals surface area contributed by atoms with E-state index in [0.717, 1.165) is 22.5 Å². The number of benzene rings is 1. The summed E-state index contributed by atoms with van der Waals surface area (Å²) in [6, 6.07) is 7.10. The number of aryl methyl sites for hydroxylation is 2. The second kappa shape index (κ2) is 6.43. The summed E-state index contributed by atoms with van der Waals surface area (Å²) < 4.78 is 32.5. The maximum Gasteiger partial charge on any atom is 0.240 e. The van der Waals surface area contributed by atoms with E-state index in [9.17, 15) is 8.42 Å². The van der Waals surface area contributed by atoms with Crippen LogP contribution in [0.2, 0.25) is 0 Å². The van der Waals surface area contributed by atoms with Crippen molar-refractivity contribution >= 4 is 10.0 Å². The molecular weight excluding hydrogens is 288 g/mol. The van der Waals surface area contributed by atoms with E-state index < -0.39 is 10.0 Å². The van der Waals surface area contributed by atoms with Crippen LogP contribution in [0.15, 0.2) is 39.8 Å². The Morgan fingerprint density at radius 1 is 1.24 bits per heavy atom. The molecule has 0 aliphatic heterocycles. The van der Waals surface area contributed by atoms with Crippen LogP contribution >= 0.6 is 0 Å². The predicted molar refractivity (Wildman–Crippen MR) is 81.4 cm³/mol. The van der Waals surface area contributed by atoms with Gasteiger partial charge in [0.2, 0.25) is 10.0 Å². The second-order valence-electron chi connectivity index (χ2n) is 4.98. The molecule has 0 fully saturated rings. The Kier molecular flexibility index (Phi) is 4.82. The van der Waals surface area contributed by atoms with Crippen LogP contribution in [0.3, 0.4) is 0 Å². The van der Waals surface area contributed by atoms with Gasteiger partial charge in [0.25, 0.3) is 0 Å². The summed E-state index contributed by atoms with van der Waals surface area (Å²) in [5.41, 5.74) is 8.21. The van der Waals surface area contributed by atoms with E-state index in [4.69, 9.17) is 10.2 Å². The summed E-state index contributed by atoms with van der Waals surface area (Å²) in [5.74, 6) is 0.751. The minimum absolute atomic E-state index is 0.285. The molecule has 0 radical (unpaired) electrons. The molecule has 0 bridgehead atoms. The van der Waals surface area contributed by atoms with Crippen LogP contribution < -0.4 is 10.5 Å². The molecule has 0 unspecified atom stereocenters. The molecule has 0 atom stereocenters. The third-order valence-electron chi connectivity index (χ3n) is 3.39. The SMILES string of the molecule is Cc1cc(C)c(S(=O)(=O)NCCc2ccco2)cc1CN. The zero-order valence-corrected chi connectivity index (χ0v) is 13.0. The van der Waals surface area contributed by atoms with Crippen LogP contribution in [0.25, 0.3) is 0 Å². The molecule has 114 valence electrons. The third-order valence-corrected chi connectivity index (χ3v) is 4.99. The van der Waals surface area contributed by atoms with Gasteiger partial charge in [0.1, 0.15) is 5.76 Å². The Labute approximate surface area is 125 Å². The molecular formula is C15H20N2O3S. The smallest absolute Gasteiger partial charge is 0.240 e. The summed E-state index contributed by atoms with van der Waals surface area (Å²) in [6.07, 6.45) is 2.09. The zero-order valence-electron chi connectivity index (χ0n) is 12.2. The topological polar surface area (TPSA) is 85.3 Å². The normalized spacial score (nSPS) is 11.8. The highest BCUT2D eigenvalue weighted by Gasteiger charge is 2.18. The molecule has 0 aliphatic rings. The lowest BCUT2D eigenvalue weighted by Gasteiger charge is -2.12. The number of nitrogens with one attached hydrogen (secondary N) is 1. The first-order valence-electron chi connectivity index (χ1n) is 6.76. The Bertz CT molecular complexity index is 707. The van der Waals surface area contributed by atoms with Gasteiger partial charge in [-0.25, -0.2) is 13.1 Å². The molecule has 0 saturated heterocycles. The fourth-order valence-electron chi connectivity index (χ4n) is 2.23. The highest BCUT2D eigenvalue weighted by Crippen LogP contribution is 2.20. The second-order valence-corrected chi connectivity index (χ2v) is 6.71. The molecule has 6 heteroatoms. The van der Waals surface area contributed by atoms with Crippen molar-refractivity contribution in [2.75, 3.05) is 6.54 Å². The molecule has 0 saturated carbocycles. The van der Waals surface area contributed by atoms with Crippen LogP contribution in [0.5, 0.6) is 0 Å². The standard InChI is InChI=1S/C15H20N2O3S/c1-11-8-12(2)15(9-13(11)10-16)21(18,19)17-6-5-14-4-3-7-20-14/h3-4,7-9,17H,5-6,10,16H2,1-2H3. The van der Waals surface area contributed by atoms with Gasteiger partial charge in [0, 0.05) is 19.5 Å². The molecule has 0 aliphatic carbocycles. The quantitative estimate of drug-likeness (QED) is 0.853. The van der Waals surface area contributed by atoms with Crippen LogP contribution in [0, 0.1) is 13.8 Å². The highest BCUT2D eigenvalue weighted by molar-refractivity contribution is 7.89. The van der Waals surface area contributed by atoms with Crippen molar-refractivity contribution < 1.29 is 12.8 Å². The van der Waals surface area contributed by atoms with Gasteiger partial charge in [0.05, 0.1) is 11.2 Å². The first kappa shape index (κ1) is 15.8. The lowest BCUT2D eigenvalue weighted by Crippen LogP contribution is -2.27. The van der Waals surface area contributed by atoms with Gasteiger partial charge in [-0.3, -0.25) is 0 Å². The van der Waals surface area contributed by atoms with Crippen molar-refractivity contribution in [3.8, 4) is 0 Å². The number of furan rings is 1. The van der Waals surface area contributed by atoms with Gasteiger partial charge in [-0.15, -0.1) is 0 Å². The first-order valence-corrected chi connectivity index (χ1v) is 8.24. The van der Waals surface area contributed by atoms with E-state index >= 15 is 0 Å². The maximum absolute atomic E-state index is 12.4. The van der Waals surface area contributed by atoms with Crippen molar-refractivity contribution in [3.63, 3.8) is 0 Å². The average molecular weight is 308 g/mol. The van der Waals surface area contributed by atoms with Gasteiger partial charge < -0.3 is 10.2 Å². The van der Waals surface area contributed by atoms with Gasteiger partial charge in [-0.1, -0.05) is 6.07 Å². The van der Waals surface area contributed by atoms with E-state index in [0.29, 0.717) is 19.5 Å². The summed E-state index contributed by atoms with van der Waals surface area (Å²) in [5, 5.41) is 0. The lowest BCUT2D eigenvalue weighted by molar-refractivity contribution is 0.506. The number of sulfonamides is 1. The Hall–Kier alpha value is -1.63. The highest BCUT2D eigenvalue weighted by atomic mass is 32.2. The Morgan fingerprint density at radius 2 is 2.00 bits per heavy atom. The minimum Gasteiger partial charge on any atom is -0.469 e. The molecule has 2 rings (SSSR count). The molecule has 0 amide bonds. The first-order chi connectivity index (χ1) is 9.94. The van der Waals surface area contributed by atoms with Crippen molar-refractivity contribution in [1.29, 1.82) is 0 Å². The van der Waals surface area contributed by atoms with E-state index in [2.05, 4.69) is 4.72 Å².